The van der Waals surface area contributed by atoms with Gasteiger partial charge in [0.2, 0.25) is 0 Å². The first-order valence-corrected chi connectivity index (χ1v) is 5.27. The van der Waals surface area contributed by atoms with Crippen LogP contribution in [0.5, 0.6) is 0 Å². The second-order valence-electron chi connectivity index (χ2n) is 1.33. The Labute approximate surface area is 36.8 Å². The number of halogens is 2. The summed E-state index contributed by atoms with van der Waals surface area (Å²) < 4.78 is 11.6. The lowest BCUT2D eigenvalue weighted by atomic mass is 11.9. The van der Waals surface area contributed by atoms with E-state index in [1.54, 1.807) is 0 Å². The van der Waals surface area contributed by atoms with Crippen LogP contribution in [0.4, 0.5) is 4.11 Å². The average Bonchev–Trinajstić information content (AvgIpc) is 0.722. The summed E-state index contributed by atoms with van der Waals surface area (Å²) >= 11 is 5.00. The summed E-state index contributed by atoms with van der Waals surface area (Å²) in [4.78, 5) is 0. The molecule has 0 unspecified atom stereocenters. The van der Waals surface area contributed by atoms with Crippen molar-refractivity contribution in [1.82, 2.24) is 0 Å². The minimum absolute atomic E-state index is 1.43. The van der Waals surface area contributed by atoms with Crippen LogP contribution in [0, 0.1) is 0 Å². The minimum atomic E-state index is -2.64. The fourth-order valence-corrected chi connectivity index (χ4v) is 0. The van der Waals surface area contributed by atoms with Gasteiger partial charge >= 0.3 is 7.72 Å². The molecule has 0 aliphatic rings. The van der Waals surface area contributed by atoms with Gasteiger partial charge in [-0.2, -0.15) is 0 Å². The molecule has 0 aliphatic carbocycles. The lowest BCUT2D eigenvalue weighted by Crippen LogP contribution is -2.04. The molecular weight excluding hydrogens is 107 g/mol. The zero-order valence-electron chi connectivity index (χ0n) is 3.26. The van der Waals surface area contributed by atoms with Crippen LogP contribution in [-0.4, -0.2) is 7.72 Å². The largest absolute Gasteiger partial charge is 0.333 e. The standard InChI is InChI=1S/C2H6ClFSi/c1-5(2,3)4/h1-2H3. The molecule has 0 nitrogen and oxygen atoms in total. The van der Waals surface area contributed by atoms with Gasteiger partial charge in [0.1, 0.15) is 0 Å². The maximum Gasteiger partial charge on any atom is 0.333 e. The molecule has 0 heterocycles. The number of rotatable bonds is 0. The molecule has 0 saturated heterocycles. The normalized spacial score (nSPS) is 12.0. The second kappa shape index (κ2) is 1.26. The van der Waals surface area contributed by atoms with E-state index in [4.69, 9.17) is 11.1 Å². The van der Waals surface area contributed by atoms with Crippen molar-refractivity contribution >= 4 is 18.8 Å². The predicted molar refractivity (Wildman–Crippen MR) is 24.4 cm³/mol. The maximum atomic E-state index is 11.6. The third-order valence-corrected chi connectivity index (χ3v) is 0. The molecule has 3 heteroatoms. The molecule has 0 radical (unpaired) electrons. The van der Waals surface area contributed by atoms with E-state index in [2.05, 4.69) is 0 Å². The van der Waals surface area contributed by atoms with E-state index in [9.17, 15) is 4.11 Å². The Balaban J connectivity index is 3.02. The Morgan fingerprint density at radius 2 is 1.60 bits per heavy atom. The van der Waals surface area contributed by atoms with Crippen molar-refractivity contribution in [3.05, 3.63) is 0 Å². The summed E-state index contributed by atoms with van der Waals surface area (Å²) in [5.74, 6) is 0. The van der Waals surface area contributed by atoms with Crippen LogP contribution in [0.1, 0.15) is 0 Å². The molecule has 0 amide bonds. The van der Waals surface area contributed by atoms with Crippen molar-refractivity contribution < 1.29 is 4.11 Å². The van der Waals surface area contributed by atoms with Crippen molar-refractivity contribution in [2.45, 2.75) is 13.1 Å². The lowest BCUT2D eigenvalue weighted by molar-refractivity contribution is 0.834. The van der Waals surface area contributed by atoms with E-state index in [1.165, 1.54) is 13.1 Å². The molecule has 0 atom stereocenters. The molecule has 0 aromatic carbocycles. The molecule has 0 aromatic heterocycles. The molecule has 0 bridgehead atoms. The van der Waals surface area contributed by atoms with E-state index < -0.39 is 7.72 Å². The van der Waals surface area contributed by atoms with Gasteiger partial charge in [0.25, 0.3) is 0 Å². The van der Waals surface area contributed by atoms with Crippen LogP contribution in [0.2, 0.25) is 13.1 Å². The van der Waals surface area contributed by atoms with Gasteiger partial charge < -0.3 is 0 Å². The van der Waals surface area contributed by atoms with Crippen LogP contribution in [0.25, 0.3) is 0 Å². The summed E-state index contributed by atoms with van der Waals surface area (Å²) in [7, 11) is -2.64. The molecule has 5 heavy (non-hydrogen) atoms. The molecule has 0 spiro atoms. The Morgan fingerprint density at radius 1 is 1.60 bits per heavy atom. The topological polar surface area (TPSA) is 0 Å². The van der Waals surface area contributed by atoms with Crippen LogP contribution >= 0.6 is 11.1 Å². The molecule has 32 valence electrons. The van der Waals surface area contributed by atoms with Crippen molar-refractivity contribution in [2.75, 3.05) is 0 Å². The van der Waals surface area contributed by atoms with Gasteiger partial charge in [0.15, 0.2) is 0 Å². The minimum Gasteiger partial charge on any atom is -0.294 e. The molecule has 0 fully saturated rings. The van der Waals surface area contributed by atoms with Gasteiger partial charge in [-0.05, 0) is 13.1 Å². The third-order valence-electron chi connectivity index (χ3n) is 0. The Morgan fingerprint density at radius 3 is 1.60 bits per heavy atom. The first-order valence-electron chi connectivity index (χ1n) is 1.38. The summed E-state index contributed by atoms with van der Waals surface area (Å²) in [6.07, 6.45) is 0. The zero-order valence-corrected chi connectivity index (χ0v) is 5.01. The van der Waals surface area contributed by atoms with Crippen LogP contribution in [0.15, 0.2) is 0 Å². The van der Waals surface area contributed by atoms with Gasteiger partial charge in [0.05, 0.1) is 0 Å². The summed E-state index contributed by atoms with van der Waals surface area (Å²) in [5, 5.41) is 0. The SMILES string of the molecule is C[Si](C)(F)Cl. The molecule has 0 rings (SSSR count). The van der Waals surface area contributed by atoms with E-state index in [1.807, 2.05) is 0 Å². The van der Waals surface area contributed by atoms with Gasteiger partial charge in [0, 0.05) is 0 Å². The van der Waals surface area contributed by atoms with Crippen LogP contribution in [0.3, 0.4) is 0 Å². The van der Waals surface area contributed by atoms with Gasteiger partial charge in [-0.3, -0.25) is 4.11 Å². The quantitative estimate of drug-likeness (QED) is 0.332. The van der Waals surface area contributed by atoms with E-state index >= 15 is 0 Å². The van der Waals surface area contributed by atoms with Gasteiger partial charge in [-0.1, -0.05) is 0 Å². The Kier molecular flexibility index (Phi) is 1.38. The van der Waals surface area contributed by atoms with Crippen molar-refractivity contribution in [2.24, 2.45) is 0 Å². The van der Waals surface area contributed by atoms with Gasteiger partial charge in [-0.15, -0.1) is 11.1 Å². The smallest absolute Gasteiger partial charge is 0.294 e. The van der Waals surface area contributed by atoms with E-state index in [0.29, 0.717) is 0 Å². The highest BCUT2D eigenvalue weighted by Crippen LogP contribution is 2.05. The van der Waals surface area contributed by atoms with E-state index in [0.717, 1.165) is 0 Å². The van der Waals surface area contributed by atoms with Crippen molar-refractivity contribution in [1.29, 1.82) is 0 Å². The number of hydrogen-bond acceptors (Lipinski definition) is 0. The highest BCUT2D eigenvalue weighted by Gasteiger charge is 2.12. The molecule has 0 aromatic rings. The first kappa shape index (κ1) is 5.44. The summed E-state index contributed by atoms with van der Waals surface area (Å²) in [5.41, 5.74) is 0. The third kappa shape index (κ3) is 138. The fraction of sp³-hybridized carbons (Fsp3) is 1.00. The van der Waals surface area contributed by atoms with Crippen molar-refractivity contribution in [3.63, 3.8) is 0 Å². The highest BCUT2D eigenvalue weighted by molar-refractivity contribution is 7.14. The maximum absolute atomic E-state index is 11.6. The Hall–Kier alpha value is 0.437. The zero-order chi connectivity index (χ0) is 4.50. The lowest BCUT2D eigenvalue weighted by Gasteiger charge is -1.91. The van der Waals surface area contributed by atoms with Crippen LogP contribution in [-0.2, 0) is 0 Å². The van der Waals surface area contributed by atoms with Gasteiger partial charge in [-0.25, -0.2) is 0 Å². The molecule has 0 aliphatic heterocycles. The summed E-state index contributed by atoms with van der Waals surface area (Å²) in [6.45, 7) is 2.85. The molecule has 0 saturated carbocycles. The van der Waals surface area contributed by atoms with Crippen molar-refractivity contribution in [3.8, 4) is 0 Å². The first-order chi connectivity index (χ1) is 2.00. The monoisotopic (exact) mass is 112 g/mol. The van der Waals surface area contributed by atoms with Crippen LogP contribution < -0.4 is 0 Å². The highest BCUT2D eigenvalue weighted by atomic mass is 35.6. The average molecular weight is 113 g/mol. The molecule has 0 N–H and O–H groups in total. The summed E-state index contributed by atoms with van der Waals surface area (Å²) in [6, 6.07) is 0. The van der Waals surface area contributed by atoms with E-state index in [-0.39, 0.29) is 0 Å². The predicted octanol–water partition coefficient (Wildman–Crippen LogP) is 1.90. The molecular formula is C2H6ClFSi. The second-order valence-corrected chi connectivity index (χ2v) is 6.68. The Bertz CT molecular complexity index is 25.1. The number of hydrogen-bond donors (Lipinski definition) is 0. The fourth-order valence-electron chi connectivity index (χ4n) is 0.